The first-order chi connectivity index (χ1) is 8.83. The zero-order valence-electron chi connectivity index (χ0n) is 10.8. The van der Waals surface area contributed by atoms with Crippen molar-refractivity contribution in [1.82, 2.24) is 10.2 Å². The molecule has 0 spiro atoms. The van der Waals surface area contributed by atoms with Gasteiger partial charge < -0.3 is 15.0 Å². The molecule has 0 bridgehead atoms. The first-order valence-electron chi connectivity index (χ1n) is 6.40. The fraction of sp³-hybridized carbons (Fsp3) is 0.500. The smallest absolute Gasteiger partial charge is 0.256 e. The Labute approximate surface area is 108 Å². The van der Waals surface area contributed by atoms with Gasteiger partial charge in [0, 0.05) is 26.7 Å². The van der Waals surface area contributed by atoms with Crippen LogP contribution in [0.2, 0.25) is 0 Å². The number of carbonyl (C=O) groups is 1. The molecule has 1 aliphatic heterocycles. The van der Waals surface area contributed by atoms with Gasteiger partial charge in [-0.2, -0.15) is 0 Å². The van der Waals surface area contributed by atoms with Gasteiger partial charge in [0.05, 0.1) is 0 Å². The van der Waals surface area contributed by atoms with Crippen LogP contribution in [0.1, 0.15) is 18.1 Å². The number of nitrogens with zero attached hydrogens (tertiary/aromatic N) is 1. The monoisotopic (exact) mass is 248 g/mol. The van der Waals surface area contributed by atoms with Crippen LogP contribution in [0.25, 0.3) is 0 Å². The summed E-state index contributed by atoms with van der Waals surface area (Å²) in [5.74, 6) is 0.0624. The molecule has 1 fully saturated rings. The van der Waals surface area contributed by atoms with E-state index in [1.165, 1.54) is 0 Å². The predicted octanol–water partition coefficient (Wildman–Crippen LogP) is 1.20. The van der Waals surface area contributed by atoms with Crippen LogP contribution in [0.5, 0.6) is 0 Å². The molecule has 1 amide bonds. The van der Waals surface area contributed by atoms with Gasteiger partial charge in [0.25, 0.3) is 5.91 Å². The summed E-state index contributed by atoms with van der Waals surface area (Å²) < 4.78 is 5.38. The Morgan fingerprint density at radius 2 is 2.06 bits per heavy atom. The lowest BCUT2D eigenvalue weighted by atomic mass is 10.1. The summed E-state index contributed by atoms with van der Waals surface area (Å²) in [7, 11) is 1.59. The fourth-order valence-corrected chi connectivity index (χ4v) is 2.24. The van der Waals surface area contributed by atoms with E-state index in [2.05, 4.69) is 5.32 Å². The quantitative estimate of drug-likeness (QED) is 0.874. The van der Waals surface area contributed by atoms with Crippen LogP contribution >= 0.6 is 0 Å². The van der Waals surface area contributed by atoms with Gasteiger partial charge in [-0.25, -0.2) is 0 Å². The minimum atomic E-state index is -0.482. The molecule has 1 N–H and O–H groups in total. The zero-order valence-corrected chi connectivity index (χ0v) is 10.8. The van der Waals surface area contributed by atoms with Crippen LogP contribution in [0.4, 0.5) is 0 Å². The molecule has 0 aliphatic carbocycles. The number of ether oxygens (including phenoxy) is 1. The van der Waals surface area contributed by atoms with Crippen LogP contribution in [0.3, 0.4) is 0 Å². The third kappa shape index (κ3) is 3.09. The molecule has 1 aliphatic rings. The van der Waals surface area contributed by atoms with E-state index in [9.17, 15) is 4.79 Å². The van der Waals surface area contributed by atoms with Crippen LogP contribution in [0, 0.1) is 0 Å². The van der Waals surface area contributed by atoms with Gasteiger partial charge in [0.2, 0.25) is 0 Å². The van der Waals surface area contributed by atoms with Crippen LogP contribution in [-0.4, -0.2) is 44.1 Å². The maximum atomic E-state index is 12.5. The fourth-order valence-electron chi connectivity index (χ4n) is 2.24. The first-order valence-corrected chi connectivity index (χ1v) is 6.40. The van der Waals surface area contributed by atoms with Gasteiger partial charge in [-0.3, -0.25) is 4.79 Å². The zero-order chi connectivity index (χ0) is 12.8. The number of amides is 1. The SMILES string of the molecule is COC(C(=O)N1CCCNCC1)c1ccccc1. The van der Waals surface area contributed by atoms with Crippen molar-refractivity contribution in [3.63, 3.8) is 0 Å². The molecule has 1 aromatic rings. The number of benzene rings is 1. The lowest BCUT2D eigenvalue weighted by Gasteiger charge is -2.25. The molecule has 0 saturated carbocycles. The number of methoxy groups -OCH3 is 1. The highest BCUT2D eigenvalue weighted by molar-refractivity contribution is 5.82. The minimum Gasteiger partial charge on any atom is -0.367 e. The average molecular weight is 248 g/mol. The molecule has 18 heavy (non-hydrogen) atoms. The Balaban J connectivity index is 2.09. The predicted molar refractivity (Wildman–Crippen MR) is 70.3 cm³/mol. The minimum absolute atomic E-state index is 0.0624. The summed E-state index contributed by atoms with van der Waals surface area (Å²) in [5.41, 5.74) is 0.919. The molecule has 1 saturated heterocycles. The average Bonchev–Trinajstić information content (AvgIpc) is 2.69. The van der Waals surface area contributed by atoms with Crippen molar-refractivity contribution in [2.45, 2.75) is 12.5 Å². The standard InChI is InChI=1S/C14H20N2O2/c1-18-13(12-6-3-2-4-7-12)14(17)16-10-5-8-15-9-11-16/h2-4,6-7,13,15H,5,8-11H2,1H3. The van der Waals surface area contributed by atoms with E-state index in [4.69, 9.17) is 4.74 Å². The first kappa shape index (κ1) is 13.1. The highest BCUT2D eigenvalue weighted by Crippen LogP contribution is 2.19. The van der Waals surface area contributed by atoms with E-state index in [-0.39, 0.29) is 5.91 Å². The molecule has 98 valence electrons. The normalized spacial score (nSPS) is 18.2. The van der Waals surface area contributed by atoms with E-state index >= 15 is 0 Å². The third-order valence-corrected chi connectivity index (χ3v) is 3.21. The summed E-state index contributed by atoms with van der Waals surface area (Å²) in [4.78, 5) is 14.3. The molecule has 1 unspecified atom stereocenters. The van der Waals surface area contributed by atoms with Crippen molar-refractivity contribution < 1.29 is 9.53 Å². The van der Waals surface area contributed by atoms with Gasteiger partial charge >= 0.3 is 0 Å². The number of hydrogen-bond donors (Lipinski definition) is 1. The summed E-state index contributed by atoms with van der Waals surface area (Å²) in [5, 5.41) is 3.29. The molecule has 1 aromatic carbocycles. The van der Waals surface area contributed by atoms with E-state index in [0.29, 0.717) is 0 Å². The van der Waals surface area contributed by atoms with E-state index in [1.807, 2.05) is 35.2 Å². The summed E-state index contributed by atoms with van der Waals surface area (Å²) in [6.45, 7) is 3.40. The Morgan fingerprint density at radius 1 is 1.28 bits per heavy atom. The van der Waals surface area contributed by atoms with Crippen LogP contribution in [-0.2, 0) is 9.53 Å². The van der Waals surface area contributed by atoms with E-state index in [0.717, 1.165) is 38.2 Å². The lowest BCUT2D eigenvalue weighted by molar-refractivity contribution is -0.142. The number of carbonyl (C=O) groups excluding carboxylic acids is 1. The maximum absolute atomic E-state index is 12.5. The van der Waals surface area contributed by atoms with Crippen molar-refractivity contribution in [2.24, 2.45) is 0 Å². The van der Waals surface area contributed by atoms with Crippen molar-refractivity contribution >= 4 is 5.91 Å². The van der Waals surface area contributed by atoms with Gasteiger partial charge in [0.15, 0.2) is 6.10 Å². The second-order valence-corrected chi connectivity index (χ2v) is 4.46. The van der Waals surface area contributed by atoms with E-state index in [1.54, 1.807) is 7.11 Å². The number of nitrogens with one attached hydrogen (secondary N) is 1. The largest absolute Gasteiger partial charge is 0.367 e. The van der Waals surface area contributed by atoms with Gasteiger partial charge in [-0.15, -0.1) is 0 Å². The summed E-state index contributed by atoms with van der Waals surface area (Å²) in [6.07, 6.45) is 0.515. The Hall–Kier alpha value is -1.39. The molecule has 4 heteroatoms. The molecule has 0 radical (unpaired) electrons. The Kier molecular flexibility index (Phi) is 4.73. The van der Waals surface area contributed by atoms with E-state index < -0.39 is 6.10 Å². The molecule has 1 heterocycles. The molecule has 0 aromatic heterocycles. The van der Waals surface area contributed by atoms with Crippen molar-refractivity contribution in [1.29, 1.82) is 0 Å². The lowest BCUT2D eigenvalue weighted by Crippen LogP contribution is -2.38. The second-order valence-electron chi connectivity index (χ2n) is 4.46. The van der Waals surface area contributed by atoms with Crippen molar-refractivity contribution in [2.75, 3.05) is 33.3 Å². The van der Waals surface area contributed by atoms with Crippen LogP contribution in [0.15, 0.2) is 30.3 Å². The van der Waals surface area contributed by atoms with Gasteiger partial charge in [0.1, 0.15) is 0 Å². The van der Waals surface area contributed by atoms with Crippen molar-refractivity contribution in [3.05, 3.63) is 35.9 Å². The van der Waals surface area contributed by atoms with Gasteiger partial charge in [-0.05, 0) is 18.5 Å². The molecule has 1 atom stereocenters. The number of hydrogen-bond acceptors (Lipinski definition) is 3. The Bertz CT molecular complexity index is 373. The van der Waals surface area contributed by atoms with Gasteiger partial charge in [-0.1, -0.05) is 30.3 Å². The highest BCUT2D eigenvalue weighted by atomic mass is 16.5. The third-order valence-electron chi connectivity index (χ3n) is 3.21. The second kappa shape index (κ2) is 6.52. The number of rotatable bonds is 3. The molecular weight excluding hydrogens is 228 g/mol. The highest BCUT2D eigenvalue weighted by Gasteiger charge is 2.25. The summed E-state index contributed by atoms with van der Waals surface area (Å²) in [6, 6.07) is 9.66. The summed E-state index contributed by atoms with van der Waals surface area (Å²) >= 11 is 0. The van der Waals surface area contributed by atoms with Crippen LogP contribution < -0.4 is 5.32 Å². The Morgan fingerprint density at radius 3 is 2.78 bits per heavy atom. The molecule has 2 rings (SSSR count). The van der Waals surface area contributed by atoms with Crippen molar-refractivity contribution in [3.8, 4) is 0 Å². The molecule has 4 nitrogen and oxygen atoms in total. The maximum Gasteiger partial charge on any atom is 0.256 e. The molecular formula is C14H20N2O2. The topological polar surface area (TPSA) is 41.6 Å².